The third-order valence-corrected chi connectivity index (χ3v) is 9.84. The smallest absolute Gasteiger partial charge is 0.233 e. The lowest BCUT2D eigenvalue weighted by Crippen LogP contribution is -2.38. The summed E-state index contributed by atoms with van der Waals surface area (Å²) in [4.78, 5) is 25.6. The van der Waals surface area contributed by atoms with Crippen molar-refractivity contribution in [1.29, 1.82) is 0 Å². The Labute approximate surface area is 218 Å². The minimum absolute atomic E-state index is 0.182. The highest BCUT2D eigenvalue weighted by atomic mass is 79.9. The van der Waals surface area contributed by atoms with Crippen molar-refractivity contribution in [2.24, 2.45) is 0 Å². The molecule has 2 aromatic heterocycles. The molecule has 0 saturated carbocycles. The van der Waals surface area contributed by atoms with Crippen LogP contribution >= 0.6 is 62.0 Å². The van der Waals surface area contributed by atoms with Crippen molar-refractivity contribution in [2.75, 3.05) is 18.8 Å². The maximum Gasteiger partial charge on any atom is 0.233 e. The third-order valence-electron chi connectivity index (χ3n) is 5.78. The van der Waals surface area contributed by atoms with Gasteiger partial charge in [0.2, 0.25) is 5.91 Å². The number of aromatic nitrogens is 2. The van der Waals surface area contributed by atoms with Crippen LogP contribution in [0.15, 0.2) is 51.3 Å². The molecule has 0 aliphatic carbocycles. The number of nitrogens with zero attached hydrogens (tertiary/aromatic N) is 3. The van der Waals surface area contributed by atoms with Crippen molar-refractivity contribution >= 4 is 78.1 Å². The van der Waals surface area contributed by atoms with Crippen molar-refractivity contribution in [1.82, 2.24) is 14.9 Å². The Kier molecular flexibility index (Phi) is 7.09. The van der Waals surface area contributed by atoms with Gasteiger partial charge in [0.15, 0.2) is 4.34 Å². The molecule has 3 heterocycles. The van der Waals surface area contributed by atoms with Crippen LogP contribution < -0.4 is 0 Å². The van der Waals surface area contributed by atoms with E-state index in [1.807, 2.05) is 23.1 Å². The number of hydrogen-bond donors (Lipinski definition) is 0. The molecule has 0 unspecified atom stereocenters. The molecule has 9 heteroatoms. The Morgan fingerprint density at radius 3 is 2.67 bits per heavy atom. The van der Waals surface area contributed by atoms with E-state index in [4.69, 9.17) is 16.6 Å². The van der Waals surface area contributed by atoms with E-state index in [0.29, 0.717) is 16.7 Å². The first-order valence-corrected chi connectivity index (χ1v) is 14.4. The Balaban J connectivity index is 1.17. The quantitative estimate of drug-likeness (QED) is 0.228. The van der Waals surface area contributed by atoms with Gasteiger partial charge in [0.1, 0.15) is 0 Å². The van der Waals surface area contributed by atoms with Gasteiger partial charge in [-0.05, 0) is 50.1 Å². The van der Waals surface area contributed by atoms with Crippen LogP contribution in [0, 0.1) is 6.92 Å². The van der Waals surface area contributed by atoms with Crippen LogP contribution in [0.5, 0.6) is 0 Å². The summed E-state index contributed by atoms with van der Waals surface area (Å²) in [5.41, 5.74) is 3.12. The fourth-order valence-corrected chi connectivity index (χ4v) is 7.49. The van der Waals surface area contributed by atoms with Crippen LogP contribution in [0.2, 0.25) is 5.02 Å². The molecule has 5 rings (SSSR count). The van der Waals surface area contributed by atoms with Crippen molar-refractivity contribution in [3.8, 4) is 11.3 Å². The van der Waals surface area contributed by atoms with E-state index in [9.17, 15) is 4.79 Å². The number of piperidine rings is 1. The number of fused-ring (bicyclic) bond motifs is 1. The number of thiazole rings is 2. The predicted molar refractivity (Wildman–Crippen MR) is 144 cm³/mol. The molecule has 33 heavy (non-hydrogen) atoms. The predicted octanol–water partition coefficient (Wildman–Crippen LogP) is 7.64. The molecule has 0 bridgehead atoms. The maximum absolute atomic E-state index is 12.8. The first-order chi connectivity index (χ1) is 16.0. The molecule has 2 aromatic carbocycles. The van der Waals surface area contributed by atoms with Gasteiger partial charge >= 0.3 is 0 Å². The Morgan fingerprint density at radius 1 is 1.15 bits per heavy atom. The topological polar surface area (TPSA) is 46.1 Å². The van der Waals surface area contributed by atoms with Gasteiger partial charge in [0, 0.05) is 38.9 Å². The summed E-state index contributed by atoms with van der Waals surface area (Å²) in [5.74, 6) is 1.02. The fourth-order valence-electron chi connectivity index (χ4n) is 4.00. The van der Waals surface area contributed by atoms with E-state index in [2.05, 4.69) is 52.1 Å². The summed E-state index contributed by atoms with van der Waals surface area (Å²) in [6.07, 6.45) is 1.92. The van der Waals surface area contributed by atoms with Crippen molar-refractivity contribution in [2.45, 2.75) is 30.0 Å². The van der Waals surface area contributed by atoms with E-state index in [1.165, 1.54) is 21.6 Å². The number of likely N-dealkylation sites (tertiary alicyclic amines) is 1. The minimum atomic E-state index is 0.182. The largest absolute Gasteiger partial charge is 0.342 e. The zero-order valence-electron chi connectivity index (χ0n) is 17.9. The minimum Gasteiger partial charge on any atom is -0.342 e. The van der Waals surface area contributed by atoms with Gasteiger partial charge in [-0.2, -0.15) is 0 Å². The number of aryl methyl sites for hydroxylation is 1. The van der Waals surface area contributed by atoms with E-state index >= 15 is 0 Å². The van der Waals surface area contributed by atoms with E-state index in [-0.39, 0.29) is 5.91 Å². The second-order valence-corrected chi connectivity index (χ2v) is 12.8. The van der Waals surface area contributed by atoms with E-state index in [0.717, 1.165) is 56.2 Å². The van der Waals surface area contributed by atoms with Crippen molar-refractivity contribution < 1.29 is 4.79 Å². The zero-order chi connectivity index (χ0) is 22.9. The number of halogens is 2. The maximum atomic E-state index is 12.8. The molecular weight excluding hydrogens is 558 g/mol. The normalized spacial score (nSPS) is 14.8. The van der Waals surface area contributed by atoms with Crippen LogP contribution in [-0.2, 0) is 4.79 Å². The number of carbonyl (C=O) groups is 1. The lowest BCUT2D eigenvalue weighted by Gasteiger charge is -2.31. The molecule has 1 saturated heterocycles. The molecule has 4 aromatic rings. The van der Waals surface area contributed by atoms with Gasteiger partial charge in [-0.15, -0.1) is 22.7 Å². The molecule has 4 nitrogen and oxygen atoms in total. The Hall–Kier alpha value is -1.45. The molecule has 0 atom stereocenters. The highest BCUT2D eigenvalue weighted by Gasteiger charge is 2.26. The second-order valence-electron chi connectivity index (χ2n) is 8.00. The lowest BCUT2D eigenvalue weighted by atomic mass is 9.97. The SMILES string of the molecule is Cc1sc(C2CCN(C(=O)CSc3nc4cc(Cl)ccc4s3)CC2)nc1-c1ccc(Br)cc1. The average molecular weight is 579 g/mol. The molecule has 1 amide bonds. The molecule has 1 aliphatic rings. The highest BCUT2D eigenvalue weighted by Crippen LogP contribution is 2.37. The molecule has 1 fully saturated rings. The molecule has 0 spiro atoms. The van der Waals surface area contributed by atoms with Crippen LogP contribution in [-0.4, -0.2) is 39.6 Å². The second kappa shape index (κ2) is 10.0. The molecule has 0 radical (unpaired) electrons. The van der Waals surface area contributed by atoms with Gasteiger partial charge in [-0.3, -0.25) is 4.79 Å². The van der Waals surface area contributed by atoms with Gasteiger partial charge in [0.25, 0.3) is 0 Å². The van der Waals surface area contributed by atoms with Crippen LogP contribution in [0.4, 0.5) is 0 Å². The Morgan fingerprint density at radius 2 is 1.91 bits per heavy atom. The molecule has 1 aliphatic heterocycles. The molecular formula is C24H21BrClN3OS3. The van der Waals surface area contributed by atoms with E-state index in [1.54, 1.807) is 22.7 Å². The number of carbonyl (C=O) groups excluding carboxylic acids is 1. The van der Waals surface area contributed by atoms with Crippen LogP contribution in [0.3, 0.4) is 0 Å². The van der Waals surface area contributed by atoms with Gasteiger partial charge in [-0.1, -0.05) is 51.4 Å². The number of benzene rings is 2. The highest BCUT2D eigenvalue weighted by molar-refractivity contribution is 9.10. The summed E-state index contributed by atoms with van der Waals surface area (Å²) in [6.45, 7) is 3.71. The third kappa shape index (κ3) is 5.30. The van der Waals surface area contributed by atoms with Crippen molar-refractivity contribution in [3.63, 3.8) is 0 Å². The first-order valence-electron chi connectivity index (χ1n) is 10.7. The van der Waals surface area contributed by atoms with Gasteiger partial charge < -0.3 is 4.90 Å². The summed E-state index contributed by atoms with van der Waals surface area (Å²) in [6, 6.07) is 14.0. The average Bonchev–Trinajstić information content (AvgIpc) is 3.41. The van der Waals surface area contributed by atoms with Gasteiger partial charge in [0.05, 0.1) is 26.7 Å². The zero-order valence-corrected chi connectivity index (χ0v) is 22.7. The first kappa shape index (κ1) is 23.3. The molecule has 0 N–H and O–H groups in total. The molecule has 170 valence electrons. The Bertz CT molecular complexity index is 1300. The number of rotatable bonds is 5. The summed E-state index contributed by atoms with van der Waals surface area (Å²) < 4.78 is 3.08. The van der Waals surface area contributed by atoms with Crippen LogP contribution in [0.1, 0.15) is 28.6 Å². The summed E-state index contributed by atoms with van der Waals surface area (Å²) in [7, 11) is 0. The number of thioether (sulfide) groups is 1. The standard InChI is InChI=1S/C24H21BrClN3OS3/c1-14-22(15-2-4-17(25)5-3-15)28-23(32-14)16-8-10-29(11-9-16)21(30)13-31-24-27-19-12-18(26)6-7-20(19)33-24/h2-7,12,16H,8-11,13H2,1H3. The lowest BCUT2D eigenvalue weighted by molar-refractivity contribution is -0.129. The summed E-state index contributed by atoms with van der Waals surface area (Å²) >= 11 is 14.5. The fraction of sp³-hybridized carbons (Fsp3) is 0.292. The van der Waals surface area contributed by atoms with Gasteiger partial charge in [-0.25, -0.2) is 9.97 Å². The van der Waals surface area contributed by atoms with Crippen molar-refractivity contribution in [3.05, 3.63) is 61.8 Å². The number of amides is 1. The van der Waals surface area contributed by atoms with Crippen LogP contribution in [0.25, 0.3) is 21.5 Å². The van der Waals surface area contributed by atoms with E-state index < -0.39 is 0 Å². The monoisotopic (exact) mass is 577 g/mol. The number of hydrogen-bond acceptors (Lipinski definition) is 6. The summed E-state index contributed by atoms with van der Waals surface area (Å²) in [5, 5.41) is 1.88.